The fraction of sp³-hybridized carbons (Fsp3) is 0.357. The second kappa shape index (κ2) is 5.47. The number of aromatic nitrogens is 1. The first-order chi connectivity index (χ1) is 9.22. The fourth-order valence-corrected chi connectivity index (χ4v) is 3.95. The number of halogens is 1. The lowest BCUT2D eigenvalue weighted by Crippen LogP contribution is -2.29. The second-order valence-electron chi connectivity index (χ2n) is 4.80. The van der Waals surface area contributed by atoms with Crippen LogP contribution in [0.1, 0.15) is 12.8 Å². The molecule has 1 aliphatic rings. The van der Waals surface area contributed by atoms with Crippen LogP contribution in [0.3, 0.4) is 0 Å². The standard InChI is InChI=1S/C14H15ClN2OS/c15-11-8-10-2-1-5-16-14(10)13(9-11)17-12-3-6-19(18)7-4-12/h1-2,5,8-9,12,17H,3-4,6-7H2. The summed E-state index contributed by atoms with van der Waals surface area (Å²) in [5.74, 6) is 1.56. The molecule has 0 unspecified atom stereocenters. The Bertz CT molecular complexity index is 622. The third-order valence-electron chi connectivity index (χ3n) is 3.42. The number of nitrogens with zero attached hydrogens (tertiary/aromatic N) is 1. The molecule has 1 aromatic carbocycles. The van der Waals surface area contributed by atoms with Gasteiger partial charge in [0.2, 0.25) is 0 Å². The van der Waals surface area contributed by atoms with E-state index in [1.807, 2.05) is 24.3 Å². The van der Waals surface area contributed by atoms with Gasteiger partial charge in [0.1, 0.15) is 0 Å². The first-order valence-corrected chi connectivity index (χ1v) is 8.25. The lowest BCUT2D eigenvalue weighted by atomic mass is 10.1. The average Bonchev–Trinajstić information content (AvgIpc) is 2.41. The largest absolute Gasteiger partial charge is 0.380 e. The molecule has 0 bridgehead atoms. The highest BCUT2D eigenvalue weighted by molar-refractivity contribution is 7.85. The van der Waals surface area contributed by atoms with Gasteiger partial charge in [-0.25, -0.2) is 0 Å². The molecule has 1 aliphatic heterocycles. The molecule has 0 spiro atoms. The molecule has 1 aromatic heterocycles. The number of nitrogens with one attached hydrogen (secondary N) is 1. The molecule has 1 fully saturated rings. The predicted octanol–water partition coefficient (Wildman–Crippen LogP) is 3.21. The quantitative estimate of drug-likeness (QED) is 0.925. The van der Waals surface area contributed by atoms with Gasteiger partial charge in [-0.05, 0) is 31.0 Å². The van der Waals surface area contributed by atoms with Gasteiger partial charge in [-0.15, -0.1) is 0 Å². The van der Waals surface area contributed by atoms with Gasteiger partial charge in [-0.2, -0.15) is 0 Å². The van der Waals surface area contributed by atoms with E-state index in [4.69, 9.17) is 11.6 Å². The zero-order chi connectivity index (χ0) is 13.2. The van der Waals surface area contributed by atoms with Crippen molar-refractivity contribution < 1.29 is 4.21 Å². The van der Waals surface area contributed by atoms with Crippen molar-refractivity contribution in [3.63, 3.8) is 0 Å². The molecular weight excluding hydrogens is 280 g/mol. The summed E-state index contributed by atoms with van der Waals surface area (Å²) >= 11 is 6.15. The van der Waals surface area contributed by atoms with Crippen LogP contribution in [0.15, 0.2) is 30.5 Å². The van der Waals surface area contributed by atoms with E-state index in [9.17, 15) is 4.21 Å². The lowest BCUT2D eigenvalue weighted by Gasteiger charge is -2.24. The van der Waals surface area contributed by atoms with Crippen molar-refractivity contribution in [2.45, 2.75) is 18.9 Å². The number of anilines is 1. The van der Waals surface area contributed by atoms with E-state index < -0.39 is 10.8 Å². The van der Waals surface area contributed by atoms with E-state index in [1.165, 1.54) is 0 Å². The SMILES string of the molecule is O=S1CCC(Nc2cc(Cl)cc3cccnc23)CC1. The molecule has 0 atom stereocenters. The van der Waals surface area contributed by atoms with Gasteiger partial charge in [-0.1, -0.05) is 17.7 Å². The van der Waals surface area contributed by atoms with E-state index in [2.05, 4.69) is 10.3 Å². The third-order valence-corrected chi connectivity index (χ3v) is 5.02. The highest BCUT2D eigenvalue weighted by atomic mass is 35.5. The summed E-state index contributed by atoms with van der Waals surface area (Å²) in [4.78, 5) is 4.42. The van der Waals surface area contributed by atoms with Crippen LogP contribution in [0, 0.1) is 0 Å². The summed E-state index contributed by atoms with van der Waals surface area (Å²) in [6.07, 6.45) is 3.66. The van der Waals surface area contributed by atoms with Gasteiger partial charge >= 0.3 is 0 Å². The van der Waals surface area contributed by atoms with Crippen molar-refractivity contribution in [2.24, 2.45) is 0 Å². The van der Waals surface area contributed by atoms with Crippen molar-refractivity contribution in [2.75, 3.05) is 16.8 Å². The summed E-state index contributed by atoms with van der Waals surface area (Å²) in [6, 6.07) is 8.12. The van der Waals surface area contributed by atoms with E-state index in [1.54, 1.807) is 6.20 Å². The molecule has 19 heavy (non-hydrogen) atoms. The Morgan fingerprint density at radius 3 is 2.89 bits per heavy atom. The van der Waals surface area contributed by atoms with Gasteiger partial charge in [-0.3, -0.25) is 9.19 Å². The third kappa shape index (κ3) is 2.90. The van der Waals surface area contributed by atoms with E-state index >= 15 is 0 Å². The summed E-state index contributed by atoms with van der Waals surface area (Å²) in [6.45, 7) is 0. The molecule has 3 nitrogen and oxygen atoms in total. The Kier molecular flexibility index (Phi) is 3.71. The molecule has 5 heteroatoms. The Labute approximate surface area is 119 Å². The van der Waals surface area contributed by atoms with Crippen molar-refractivity contribution in [3.05, 3.63) is 35.5 Å². The van der Waals surface area contributed by atoms with E-state index in [-0.39, 0.29) is 0 Å². The molecule has 2 aromatic rings. The maximum atomic E-state index is 11.4. The number of rotatable bonds is 2. The van der Waals surface area contributed by atoms with Crippen LogP contribution in [0.2, 0.25) is 5.02 Å². The minimum Gasteiger partial charge on any atom is -0.380 e. The van der Waals surface area contributed by atoms with Gasteiger partial charge in [0.05, 0.1) is 11.2 Å². The maximum absolute atomic E-state index is 11.4. The van der Waals surface area contributed by atoms with Crippen LogP contribution >= 0.6 is 11.6 Å². The van der Waals surface area contributed by atoms with Gasteiger partial charge in [0, 0.05) is 45.0 Å². The molecule has 0 radical (unpaired) electrons. The molecule has 100 valence electrons. The van der Waals surface area contributed by atoms with Gasteiger partial charge < -0.3 is 5.32 Å². The zero-order valence-electron chi connectivity index (χ0n) is 10.4. The molecule has 1 N–H and O–H groups in total. The zero-order valence-corrected chi connectivity index (χ0v) is 12.0. The van der Waals surface area contributed by atoms with Crippen LogP contribution < -0.4 is 5.32 Å². The van der Waals surface area contributed by atoms with Crippen molar-refractivity contribution in [1.29, 1.82) is 0 Å². The molecule has 0 amide bonds. The smallest absolute Gasteiger partial charge is 0.0934 e. The van der Waals surface area contributed by atoms with E-state index in [0.717, 1.165) is 40.9 Å². The van der Waals surface area contributed by atoms with E-state index in [0.29, 0.717) is 11.1 Å². The number of pyridine rings is 1. The van der Waals surface area contributed by atoms with Crippen LogP contribution in [0.25, 0.3) is 10.9 Å². The summed E-state index contributed by atoms with van der Waals surface area (Å²) in [7, 11) is -0.632. The highest BCUT2D eigenvalue weighted by Gasteiger charge is 2.18. The predicted molar refractivity (Wildman–Crippen MR) is 81.3 cm³/mol. The maximum Gasteiger partial charge on any atom is 0.0934 e. The fourth-order valence-electron chi connectivity index (χ4n) is 2.42. The monoisotopic (exact) mass is 294 g/mol. The molecule has 0 saturated carbocycles. The first-order valence-electron chi connectivity index (χ1n) is 6.38. The molecular formula is C14H15ClN2OS. The Hall–Kier alpha value is -1.13. The molecule has 3 rings (SSSR count). The van der Waals surface area contributed by atoms with Gasteiger partial charge in [0.25, 0.3) is 0 Å². The topological polar surface area (TPSA) is 42.0 Å². The second-order valence-corrected chi connectivity index (χ2v) is 6.93. The molecule has 0 aliphatic carbocycles. The number of fused-ring (bicyclic) bond motifs is 1. The molecule has 2 heterocycles. The van der Waals surface area contributed by atoms with Crippen LogP contribution in [-0.2, 0) is 10.8 Å². The number of hydrogen-bond acceptors (Lipinski definition) is 3. The van der Waals surface area contributed by atoms with Crippen LogP contribution in [-0.4, -0.2) is 26.7 Å². The first kappa shape index (κ1) is 12.9. The minimum atomic E-state index is -0.632. The van der Waals surface area contributed by atoms with Crippen molar-refractivity contribution in [3.8, 4) is 0 Å². The van der Waals surface area contributed by atoms with Crippen molar-refractivity contribution >= 4 is 39.0 Å². The highest BCUT2D eigenvalue weighted by Crippen LogP contribution is 2.28. The Morgan fingerprint density at radius 2 is 2.11 bits per heavy atom. The Balaban J connectivity index is 1.89. The number of benzene rings is 1. The molecule has 1 saturated heterocycles. The van der Waals surface area contributed by atoms with Crippen molar-refractivity contribution in [1.82, 2.24) is 4.98 Å². The average molecular weight is 295 g/mol. The Morgan fingerprint density at radius 1 is 1.32 bits per heavy atom. The summed E-state index contributed by atoms with van der Waals surface area (Å²) < 4.78 is 11.4. The van der Waals surface area contributed by atoms with Crippen LogP contribution in [0.4, 0.5) is 5.69 Å². The number of hydrogen-bond donors (Lipinski definition) is 1. The summed E-state index contributed by atoms with van der Waals surface area (Å²) in [5, 5.41) is 5.25. The summed E-state index contributed by atoms with van der Waals surface area (Å²) in [5.41, 5.74) is 1.92. The lowest BCUT2D eigenvalue weighted by molar-refractivity contribution is 0.624. The minimum absolute atomic E-state index is 0.362. The normalized spacial score (nSPS) is 23.4. The van der Waals surface area contributed by atoms with Gasteiger partial charge in [0.15, 0.2) is 0 Å². The van der Waals surface area contributed by atoms with Crippen LogP contribution in [0.5, 0.6) is 0 Å².